The molecule has 3 aromatic rings. The number of nitrogens with zero attached hydrogens (tertiary/aromatic N) is 1. The molecule has 0 saturated heterocycles. The van der Waals surface area contributed by atoms with Gasteiger partial charge in [-0.15, -0.1) is 0 Å². The lowest BCUT2D eigenvalue weighted by molar-refractivity contribution is 0.0728. The molecule has 0 heterocycles. The number of benzene rings is 3. The average molecular weight is 349 g/mol. The molecule has 3 aromatic carbocycles. The van der Waals surface area contributed by atoms with Crippen LogP contribution in [0.4, 0.5) is 10.1 Å². The predicted molar refractivity (Wildman–Crippen MR) is 98.0 cm³/mol. The molecular weight excluding hydrogens is 333 g/mol. The van der Waals surface area contributed by atoms with Crippen molar-refractivity contribution in [2.75, 3.05) is 7.11 Å². The number of hydrogen-bond donors (Lipinski definition) is 0. The van der Waals surface area contributed by atoms with Gasteiger partial charge in [0, 0.05) is 6.21 Å². The number of methoxy groups -OCH3 is 1. The summed E-state index contributed by atoms with van der Waals surface area (Å²) in [4.78, 5) is 16.4. The fraction of sp³-hybridized carbons (Fsp3) is 0.0476. The van der Waals surface area contributed by atoms with E-state index in [2.05, 4.69) is 4.99 Å². The Morgan fingerprint density at radius 3 is 2.31 bits per heavy atom. The Bertz CT molecular complexity index is 919. The minimum Gasteiger partial charge on any atom is -0.497 e. The third-order valence-electron chi connectivity index (χ3n) is 3.62. The van der Waals surface area contributed by atoms with E-state index in [0.717, 1.165) is 11.3 Å². The fourth-order valence-corrected chi connectivity index (χ4v) is 2.21. The van der Waals surface area contributed by atoms with Crippen LogP contribution in [0, 0.1) is 5.82 Å². The lowest BCUT2D eigenvalue weighted by atomic mass is 10.2. The molecule has 0 amide bonds. The van der Waals surface area contributed by atoms with E-state index in [0.29, 0.717) is 11.3 Å². The number of halogens is 1. The molecular formula is C21H16FNO3. The molecule has 5 heteroatoms. The van der Waals surface area contributed by atoms with Crippen molar-refractivity contribution in [3.63, 3.8) is 0 Å². The molecule has 0 saturated carbocycles. The van der Waals surface area contributed by atoms with Crippen molar-refractivity contribution in [2.45, 2.75) is 0 Å². The highest BCUT2D eigenvalue weighted by Gasteiger charge is 2.11. The Kier molecular flexibility index (Phi) is 5.39. The molecule has 3 rings (SSSR count). The monoisotopic (exact) mass is 349 g/mol. The van der Waals surface area contributed by atoms with Gasteiger partial charge in [-0.1, -0.05) is 12.1 Å². The van der Waals surface area contributed by atoms with Gasteiger partial charge in [-0.25, -0.2) is 9.18 Å². The van der Waals surface area contributed by atoms with Crippen LogP contribution in [-0.2, 0) is 0 Å². The van der Waals surface area contributed by atoms with E-state index in [-0.39, 0.29) is 5.75 Å². The molecule has 0 spiro atoms. The molecule has 4 nitrogen and oxygen atoms in total. The second-order valence-electron chi connectivity index (χ2n) is 5.40. The highest BCUT2D eigenvalue weighted by molar-refractivity contribution is 5.91. The number of rotatable bonds is 5. The molecule has 0 radical (unpaired) electrons. The minimum atomic E-state index is -0.624. The van der Waals surface area contributed by atoms with Crippen molar-refractivity contribution in [2.24, 2.45) is 4.99 Å². The van der Waals surface area contributed by atoms with Gasteiger partial charge in [0.2, 0.25) is 0 Å². The topological polar surface area (TPSA) is 47.9 Å². The van der Waals surface area contributed by atoms with Gasteiger partial charge < -0.3 is 9.47 Å². The van der Waals surface area contributed by atoms with Gasteiger partial charge in [-0.05, 0) is 66.2 Å². The number of aliphatic imine (C=N–C) groups is 1. The van der Waals surface area contributed by atoms with E-state index in [4.69, 9.17) is 9.47 Å². The Morgan fingerprint density at radius 2 is 1.65 bits per heavy atom. The first-order valence-corrected chi connectivity index (χ1v) is 7.90. The van der Waals surface area contributed by atoms with E-state index in [1.807, 2.05) is 24.3 Å². The zero-order valence-corrected chi connectivity index (χ0v) is 14.1. The summed E-state index contributed by atoms with van der Waals surface area (Å²) in [5.41, 5.74) is 1.92. The summed E-state index contributed by atoms with van der Waals surface area (Å²) in [6, 6.07) is 19.8. The van der Waals surface area contributed by atoms with Crippen LogP contribution < -0.4 is 9.47 Å². The van der Waals surface area contributed by atoms with Crippen LogP contribution in [0.2, 0.25) is 0 Å². The van der Waals surface area contributed by atoms with Crippen molar-refractivity contribution in [1.82, 2.24) is 0 Å². The van der Waals surface area contributed by atoms with Crippen molar-refractivity contribution in [3.05, 3.63) is 89.7 Å². The molecule has 0 bridgehead atoms. The number of esters is 1. The van der Waals surface area contributed by atoms with Crippen LogP contribution in [0.25, 0.3) is 0 Å². The van der Waals surface area contributed by atoms with Gasteiger partial charge >= 0.3 is 5.97 Å². The number of carbonyl (C=O) groups is 1. The lowest BCUT2D eigenvalue weighted by Crippen LogP contribution is -2.09. The number of para-hydroxylation sites is 1. The summed E-state index contributed by atoms with van der Waals surface area (Å²) in [7, 11) is 1.61. The molecule has 0 N–H and O–H groups in total. The molecule has 0 aliphatic rings. The summed E-state index contributed by atoms with van der Waals surface area (Å²) in [5, 5.41) is 0. The molecule has 26 heavy (non-hydrogen) atoms. The minimum absolute atomic E-state index is 0.0981. The average Bonchev–Trinajstić information content (AvgIpc) is 2.69. The standard InChI is InChI=1S/C21H16FNO3/c1-25-18-12-6-15(7-13-18)14-23-17-10-8-16(9-11-17)21(24)26-20-5-3-2-4-19(20)22/h2-14H,1H3. The summed E-state index contributed by atoms with van der Waals surface area (Å²) in [6.07, 6.45) is 1.71. The first-order chi connectivity index (χ1) is 12.7. The van der Waals surface area contributed by atoms with Crippen molar-refractivity contribution in [1.29, 1.82) is 0 Å². The fourth-order valence-electron chi connectivity index (χ4n) is 2.21. The molecule has 0 aliphatic carbocycles. The maximum atomic E-state index is 13.5. The third-order valence-corrected chi connectivity index (χ3v) is 3.62. The van der Waals surface area contributed by atoms with Crippen LogP contribution in [0.5, 0.6) is 11.5 Å². The van der Waals surface area contributed by atoms with E-state index >= 15 is 0 Å². The van der Waals surface area contributed by atoms with Gasteiger partial charge in [0.15, 0.2) is 11.6 Å². The Hall–Kier alpha value is -3.47. The van der Waals surface area contributed by atoms with Crippen LogP contribution in [0.15, 0.2) is 77.8 Å². The normalized spacial score (nSPS) is 10.7. The Labute approximate surface area is 150 Å². The number of ether oxygens (including phenoxy) is 2. The highest BCUT2D eigenvalue weighted by atomic mass is 19.1. The third kappa shape index (κ3) is 4.33. The number of carbonyl (C=O) groups excluding carboxylic acids is 1. The van der Waals surface area contributed by atoms with Gasteiger partial charge in [-0.3, -0.25) is 4.99 Å². The highest BCUT2D eigenvalue weighted by Crippen LogP contribution is 2.19. The first kappa shape index (κ1) is 17.4. The molecule has 0 unspecified atom stereocenters. The van der Waals surface area contributed by atoms with Crippen molar-refractivity contribution >= 4 is 17.9 Å². The lowest BCUT2D eigenvalue weighted by Gasteiger charge is -2.05. The van der Waals surface area contributed by atoms with Gasteiger partial charge in [0.25, 0.3) is 0 Å². The van der Waals surface area contributed by atoms with Gasteiger partial charge in [-0.2, -0.15) is 0 Å². The van der Waals surface area contributed by atoms with Gasteiger partial charge in [0.1, 0.15) is 5.75 Å². The van der Waals surface area contributed by atoms with E-state index in [1.165, 1.54) is 18.2 Å². The van der Waals surface area contributed by atoms with Crippen LogP contribution in [0.3, 0.4) is 0 Å². The van der Waals surface area contributed by atoms with Crippen LogP contribution in [0.1, 0.15) is 15.9 Å². The molecule has 0 fully saturated rings. The second kappa shape index (κ2) is 8.07. The predicted octanol–water partition coefficient (Wildman–Crippen LogP) is 4.80. The van der Waals surface area contributed by atoms with Crippen molar-refractivity contribution in [3.8, 4) is 11.5 Å². The van der Waals surface area contributed by atoms with E-state index in [9.17, 15) is 9.18 Å². The maximum Gasteiger partial charge on any atom is 0.343 e. The molecule has 0 aromatic heterocycles. The first-order valence-electron chi connectivity index (χ1n) is 7.90. The maximum absolute atomic E-state index is 13.5. The van der Waals surface area contributed by atoms with Crippen LogP contribution >= 0.6 is 0 Å². The van der Waals surface area contributed by atoms with Gasteiger partial charge in [0.05, 0.1) is 18.4 Å². The summed E-state index contributed by atoms with van der Waals surface area (Å²) in [6.45, 7) is 0. The molecule has 0 aliphatic heterocycles. The van der Waals surface area contributed by atoms with Crippen molar-refractivity contribution < 1.29 is 18.7 Å². The van der Waals surface area contributed by atoms with Crippen LogP contribution in [-0.4, -0.2) is 19.3 Å². The zero-order valence-electron chi connectivity index (χ0n) is 14.1. The molecule has 0 atom stereocenters. The second-order valence-corrected chi connectivity index (χ2v) is 5.40. The summed E-state index contributed by atoms with van der Waals surface area (Å²) < 4.78 is 23.7. The van der Waals surface area contributed by atoms with E-state index in [1.54, 1.807) is 43.7 Å². The smallest absolute Gasteiger partial charge is 0.343 e. The molecule has 130 valence electrons. The SMILES string of the molecule is COc1ccc(C=Nc2ccc(C(=O)Oc3ccccc3F)cc2)cc1. The quantitative estimate of drug-likeness (QED) is 0.377. The largest absolute Gasteiger partial charge is 0.497 e. The Morgan fingerprint density at radius 1 is 0.962 bits per heavy atom. The zero-order chi connectivity index (χ0) is 18.4. The number of hydrogen-bond acceptors (Lipinski definition) is 4. The van der Waals surface area contributed by atoms with E-state index < -0.39 is 11.8 Å². The summed E-state index contributed by atoms with van der Waals surface area (Å²) >= 11 is 0. The summed E-state index contributed by atoms with van der Waals surface area (Å²) in [5.74, 6) is -0.527. The Balaban J connectivity index is 1.66.